The Balaban J connectivity index is 1.04. The van der Waals surface area contributed by atoms with Gasteiger partial charge in [0.25, 0.3) is 5.91 Å². The number of rotatable bonds is 5. The molecule has 0 N–H and O–H groups in total. The molecule has 0 unspecified atom stereocenters. The second-order valence-corrected chi connectivity index (χ2v) is 14.4. The van der Waals surface area contributed by atoms with Crippen LogP contribution in [-0.4, -0.2) is 5.91 Å². The highest BCUT2D eigenvalue weighted by Crippen LogP contribution is 2.44. The van der Waals surface area contributed by atoms with E-state index in [-0.39, 0.29) is 5.91 Å². The number of amides is 1. The van der Waals surface area contributed by atoms with Gasteiger partial charge in [-0.05, 0) is 135 Å². The van der Waals surface area contributed by atoms with Gasteiger partial charge in [0.15, 0.2) is 0 Å². The van der Waals surface area contributed by atoms with E-state index in [0.717, 1.165) is 22.5 Å². The molecule has 2 nitrogen and oxygen atoms in total. The van der Waals surface area contributed by atoms with Gasteiger partial charge in [0, 0.05) is 16.9 Å². The van der Waals surface area contributed by atoms with Crippen molar-refractivity contribution in [1.29, 1.82) is 0 Å². The highest BCUT2D eigenvalue weighted by atomic mass is 16.2. The first-order valence-electron chi connectivity index (χ1n) is 18.8. The first-order chi connectivity index (χ1) is 27.2. The molecule has 0 fully saturated rings. The summed E-state index contributed by atoms with van der Waals surface area (Å²) in [6.07, 6.45) is 0. The Morgan fingerprint density at radius 2 is 0.727 bits per heavy atom. The van der Waals surface area contributed by atoms with Crippen LogP contribution < -0.4 is 4.90 Å². The molecule has 0 aliphatic heterocycles. The molecule has 0 aliphatic rings. The van der Waals surface area contributed by atoms with Gasteiger partial charge in [0.05, 0.1) is 0 Å². The summed E-state index contributed by atoms with van der Waals surface area (Å²) < 4.78 is 0. The van der Waals surface area contributed by atoms with Gasteiger partial charge >= 0.3 is 0 Å². The third-order valence-electron chi connectivity index (χ3n) is 11.3. The molecule has 11 rings (SSSR count). The van der Waals surface area contributed by atoms with Crippen molar-refractivity contribution in [3.05, 3.63) is 206 Å². The first kappa shape index (κ1) is 31.3. The molecule has 0 saturated carbocycles. The van der Waals surface area contributed by atoms with Crippen LogP contribution in [0.25, 0.3) is 86.9 Å². The van der Waals surface area contributed by atoms with Crippen LogP contribution in [0.1, 0.15) is 10.4 Å². The van der Waals surface area contributed by atoms with Crippen molar-refractivity contribution in [3.8, 4) is 22.3 Å². The van der Waals surface area contributed by atoms with Crippen molar-refractivity contribution >= 4 is 81.9 Å². The van der Waals surface area contributed by atoms with Crippen molar-refractivity contribution in [2.24, 2.45) is 0 Å². The van der Waals surface area contributed by atoms with E-state index in [1.54, 1.807) is 4.90 Å². The van der Waals surface area contributed by atoms with Crippen molar-refractivity contribution in [2.45, 2.75) is 0 Å². The average molecular weight is 700 g/mol. The number of carbonyl (C=O) groups excluding carboxylic acids is 1. The zero-order valence-electron chi connectivity index (χ0n) is 29.9. The number of benzene rings is 10. The number of para-hydroxylation sites is 1. The molecule has 0 aromatic heterocycles. The van der Waals surface area contributed by atoms with E-state index in [1.807, 2.05) is 72.8 Å². The minimum atomic E-state index is -0.0639. The fourth-order valence-corrected chi connectivity index (χ4v) is 8.78. The summed E-state index contributed by atoms with van der Waals surface area (Å²) in [4.78, 5) is 15.6. The summed E-state index contributed by atoms with van der Waals surface area (Å²) in [7, 11) is 0. The second kappa shape index (κ2) is 12.4. The Labute approximate surface area is 318 Å². The van der Waals surface area contributed by atoms with Gasteiger partial charge in [-0.25, -0.2) is 0 Å². The first-order valence-corrected chi connectivity index (χ1v) is 18.8. The lowest BCUT2D eigenvalue weighted by Crippen LogP contribution is -2.25. The molecule has 0 heterocycles. The van der Waals surface area contributed by atoms with Crippen LogP contribution >= 0.6 is 0 Å². The summed E-state index contributed by atoms with van der Waals surface area (Å²) in [6.45, 7) is 0. The van der Waals surface area contributed by atoms with Crippen LogP contribution in [0.2, 0.25) is 0 Å². The Morgan fingerprint density at radius 3 is 1.27 bits per heavy atom. The van der Waals surface area contributed by atoms with Gasteiger partial charge in [-0.2, -0.15) is 0 Å². The largest absolute Gasteiger partial charge is 0.277 e. The third kappa shape index (κ3) is 5.00. The SMILES string of the molecule is O=C(c1ccccc1)N(c1ccccc1)c1ccc(-c2ccc(-c3cc4ccc5cccc6c7cccc8ccc9cccc(c(c3)c4c56)c9c87)cc2)cc1. The molecule has 0 bridgehead atoms. The number of anilines is 2. The van der Waals surface area contributed by atoms with Gasteiger partial charge in [-0.1, -0.05) is 152 Å². The predicted octanol–water partition coefficient (Wildman–Crippen LogP) is 14.4. The standard InChI is InChI=1S/C53H33NO/c55-53(40-10-3-1-4-11-40)54(43-15-5-2-6-16-43)44-30-28-35(29-31-44)34-20-22-36(23-21-34)42-32-41-27-26-39-13-8-18-46-45-17-7-12-37-24-25-38-14-9-19-47(51(38)49(37)45)48(33-42)52(41)50(39)46/h1-33H. The molecule has 0 spiro atoms. The molecule has 11 aromatic rings. The van der Waals surface area contributed by atoms with Crippen molar-refractivity contribution < 1.29 is 4.79 Å². The molecule has 0 atom stereocenters. The molecule has 256 valence electrons. The highest BCUT2D eigenvalue weighted by molar-refractivity contribution is 6.37. The highest BCUT2D eigenvalue weighted by Gasteiger charge is 2.20. The lowest BCUT2D eigenvalue weighted by atomic mass is 9.86. The molecular formula is C53H33NO. The van der Waals surface area contributed by atoms with E-state index < -0.39 is 0 Å². The summed E-state index contributed by atoms with van der Waals surface area (Å²) in [5, 5.41) is 15.4. The molecular weight excluding hydrogens is 667 g/mol. The monoisotopic (exact) mass is 699 g/mol. The van der Waals surface area contributed by atoms with Gasteiger partial charge in [-0.3, -0.25) is 9.69 Å². The van der Waals surface area contributed by atoms with Crippen molar-refractivity contribution in [1.82, 2.24) is 0 Å². The van der Waals surface area contributed by atoms with Gasteiger partial charge in [-0.15, -0.1) is 0 Å². The van der Waals surface area contributed by atoms with E-state index in [4.69, 9.17) is 0 Å². The van der Waals surface area contributed by atoms with E-state index >= 15 is 0 Å². The molecule has 55 heavy (non-hydrogen) atoms. The Morgan fingerprint density at radius 1 is 0.309 bits per heavy atom. The number of fused-ring (bicyclic) bond motifs is 2. The Bertz CT molecular complexity index is 3230. The molecule has 11 aromatic carbocycles. The van der Waals surface area contributed by atoms with Crippen LogP contribution in [0.5, 0.6) is 0 Å². The van der Waals surface area contributed by atoms with E-state index in [9.17, 15) is 4.79 Å². The fraction of sp³-hybridized carbons (Fsp3) is 0. The fourth-order valence-electron chi connectivity index (χ4n) is 8.78. The van der Waals surface area contributed by atoms with Crippen LogP contribution in [-0.2, 0) is 0 Å². The normalized spacial score (nSPS) is 11.7. The molecule has 0 radical (unpaired) electrons. The Hall–Kier alpha value is -7.29. The number of hydrogen-bond acceptors (Lipinski definition) is 1. The molecule has 0 saturated heterocycles. The molecule has 1 amide bonds. The zero-order valence-corrected chi connectivity index (χ0v) is 29.9. The van der Waals surface area contributed by atoms with E-state index in [2.05, 4.69) is 127 Å². The maximum absolute atomic E-state index is 13.8. The van der Waals surface area contributed by atoms with Gasteiger partial charge in [0.2, 0.25) is 0 Å². The summed E-state index contributed by atoms with van der Waals surface area (Å²) in [5.74, 6) is -0.0639. The zero-order chi connectivity index (χ0) is 36.5. The third-order valence-corrected chi connectivity index (χ3v) is 11.3. The topological polar surface area (TPSA) is 20.3 Å². The van der Waals surface area contributed by atoms with Gasteiger partial charge in [0.1, 0.15) is 0 Å². The van der Waals surface area contributed by atoms with Gasteiger partial charge < -0.3 is 0 Å². The minimum Gasteiger partial charge on any atom is -0.277 e. The number of hydrogen-bond donors (Lipinski definition) is 0. The van der Waals surface area contributed by atoms with E-state index in [0.29, 0.717) is 5.56 Å². The average Bonchev–Trinajstić information content (AvgIpc) is 3.25. The lowest BCUT2D eigenvalue weighted by Gasteiger charge is -2.23. The van der Waals surface area contributed by atoms with Crippen LogP contribution in [0.15, 0.2) is 200 Å². The number of nitrogens with zero attached hydrogens (tertiary/aromatic N) is 1. The quantitative estimate of drug-likeness (QED) is 0.164. The van der Waals surface area contributed by atoms with Crippen LogP contribution in [0.3, 0.4) is 0 Å². The van der Waals surface area contributed by atoms with Crippen LogP contribution in [0, 0.1) is 0 Å². The Kier molecular flexibility index (Phi) is 7.05. The summed E-state index contributed by atoms with van der Waals surface area (Å²) in [6, 6.07) is 70.6. The number of carbonyl (C=O) groups is 1. The summed E-state index contributed by atoms with van der Waals surface area (Å²) in [5.41, 5.74) is 6.87. The van der Waals surface area contributed by atoms with Crippen LogP contribution in [0.4, 0.5) is 11.4 Å². The second-order valence-electron chi connectivity index (χ2n) is 14.4. The summed E-state index contributed by atoms with van der Waals surface area (Å²) >= 11 is 0. The lowest BCUT2D eigenvalue weighted by molar-refractivity contribution is 0.0999. The van der Waals surface area contributed by atoms with Crippen molar-refractivity contribution in [3.63, 3.8) is 0 Å². The molecule has 2 heteroatoms. The molecule has 0 aliphatic carbocycles. The maximum Gasteiger partial charge on any atom is 0.262 e. The van der Waals surface area contributed by atoms with E-state index in [1.165, 1.54) is 75.8 Å². The minimum absolute atomic E-state index is 0.0639. The smallest absolute Gasteiger partial charge is 0.262 e. The predicted molar refractivity (Wildman–Crippen MR) is 233 cm³/mol. The van der Waals surface area contributed by atoms with Crippen molar-refractivity contribution in [2.75, 3.05) is 4.90 Å². The maximum atomic E-state index is 13.8.